The first kappa shape index (κ1) is 21.0. The number of halogens is 2. The van der Waals surface area contributed by atoms with Crippen molar-refractivity contribution in [2.75, 3.05) is 5.73 Å². The summed E-state index contributed by atoms with van der Waals surface area (Å²) in [7, 11) is 0. The van der Waals surface area contributed by atoms with E-state index in [9.17, 15) is 9.50 Å². The van der Waals surface area contributed by atoms with Crippen LogP contribution >= 0.6 is 12.4 Å². The number of rotatable bonds is 3. The number of imidazole rings is 1. The fourth-order valence-electron chi connectivity index (χ4n) is 3.62. The maximum Gasteiger partial charge on any atom is 0.209 e. The molecule has 4 rings (SSSR count). The Balaban J connectivity index is 0.00000240. The highest BCUT2D eigenvalue weighted by Gasteiger charge is 2.28. The highest BCUT2D eigenvalue weighted by molar-refractivity contribution is 5.86. The molecule has 3 N–H and O–H groups in total. The van der Waals surface area contributed by atoms with Gasteiger partial charge in [0.25, 0.3) is 0 Å². The number of fused-ring (bicyclic) bond motifs is 1. The average Bonchev–Trinajstić information content (AvgIpc) is 3.26. The summed E-state index contributed by atoms with van der Waals surface area (Å²) in [6.45, 7) is 2.69. The molecule has 6 nitrogen and oxygen atoms in total. The Labute approximate surface area is 174 Å². The largest absolute Gasteiger partial charge is 0.382 e. The molecule has 1 aromatic carbocycles. The van der Waals surface area contributed by atoms with E-state index in [1.807, 2.05) is 11.5 Å². The summed E-state index contributed by atoms with van der Waals surface area (Å²) >= 11 is 0. The van der Waals surface area contributed by atoms with Crippen molar-refractivity contribution in [1.82, 2.24) is 19.5 Å². The molecule has 0 aliphatic heterocycles. The van der Waals surface area contributed by atoms with Crippen LogP contribution in [0.25, 0.3) is 22.6 Å². The molecule has 3 aromatic rings. The Morgan fingerprint density at radius 3 is 2.69 bits per heavy atom. The van der Waals surface area contributed by atoms with Crippen LogP contribution in [0, 0.1) is 17.7 Å². The Morgan fingerprint density at radius 1 is 1.24 bits per heavy atom. The van der Waals surface area contributed by atoms with Crippen molar-refractivity contribution in [3.05, 3.63) is 35.9 Å². The van der Waals surface area contributed by atoms with Crippen LogP contribution in [0.15, 0.2) is 24.3 Å². The highest BCUT2D eigenvalue weighted by atomic mass is 35.5. The lowest BCUT2D eigenvalue weighted by atomic mass is 10.0. The van der Waals surface area contributed by atoms with E-state index in [4.69, 9.17) is 5.73 Å². The van der Waals surface area contributed by atoms with Crippen molar-refractivity contribution >= 4 is 29.4 Å². The van der Waals surface area contributed by atoms with E-state index in [1.165, 1.54) is 12.1 Å². The van der Waals surface area contributed by atoms with Crippen molar-refractivity contribution in [1.29, 1.82) is 0 Å². The number of benzene rings is 1. The molecule has 152 valence electrons. The molecule has 0 unspecified atom stereocenters. The van der Waals surface area contributed by atoms with Gasteiger partial charge < -0.3 is 15.4 Å². The van der Waals surface area contributed by atoms with Gasteiger partial charge in [-0.2, -0.15) is 0 Å². The Morgan fingerprint density at radius 2 is 2.00 bits per heavy atom. The van der Waals surface area contributed by atoms with E-state index in [1.54, 1.807) is 12.1 Å². The second-order valence-corrected chi connectivity index (χ2v) is 7.19. The molecule has 0 amide bonds. The van der Waals surface area contributed by atoms with Crippen LogP contribution in [0.3, 0.4) is 0 Å². The van der Waals surface area contributed by atoms with Crippen molar-refractivity contribution in [2.24, 2.45) is 0 Å². The van der Waals surface area contributed by atoms with Crippen molar-refractivity contribution in [3.63, 3.8) is 0 Å². The summed E-state index contributed by atoms with van der Waals surface area (Å²) in [5.74, 6) is 6.54. The van der Waals surface area contributed by atoms with Crippen molar-refractivity contribution in [3.8, 4) is 23.2 Å². The summed E-state index contributed by atoms with van der Waals surface area (Å²) in [6, 6.07) is 6.28. The van der Waals surface area contributed by atoms with Gasteiger partial charge in [-0.15, -0.1) is 12.4 Å². The third kappa shape index (κ3) is 4.19. The first-order chi connectivity index (χ1) is 13.5. The number of nitrogens with zero attached hydrogens (tertiary/aromatic N) is 4. The molecular formula is C21H23ClFN5O. The summed E-state index contributed by atoms with van der Waals surface area (Å²) in [5.41, 5.74) is 6.85. The van der Waals surface area contributed by atoms with E-state index in [-0.39, 0.29) is 29.9 Å². The van der Waals surface area contributed by atoms with E-state index < -0.39 is 5.60 Å². The molecule has 0 bridgehead atoms. The number of hydrogen-bond donors (Lipinski definition) is 2. The SMILES string of the molecule is CCCn1c(-c2cccc(F)c2)nc2c(N)nc(C#CC3(O)CCCC3)nc21.Cl. The van der Waals surface area contributed by atoms with E-state index in [0.29, 0.717) is 41.9 Å². The van der Waals surface area contributed by atoms with Gasteiger partial charge in [-0.05, 0) is 50.2 Å². The lowest BCUT2D eigenvalue weighted by molar-refractivity contribution is 0.110. The maximum atomic E-state index is 13.7. The van der Waals surface area contributed by atoms with Gasteiger partial charge in [0.1, 0.15) is 17.2 Å². The molecule has 29 heavy (non-hydrogen) atoms. The van der Waals surface area contributed by atoms with Crippen LogP contribution < -0.4 is 5.73 Å². The summed E-state index contributed by atoms with van der Waals surface area (Å²) in [5, 5.41) is 10.4. The van der Waals surface area contributed by atoms with Crippen LogP contribution in [-0.4, -0.2) is 30.2 Å². The minimum absolute atomic E-state index is 0. The van der Waals surface area contributed by atoms with Crippen molar-refractivity contribution < 1.29 is 9.50 Å². The number of aromatic nitrogens is 4. The molecule has 2 aromatic heterocycles. The quantitative estimate of drug-likeness (QED) is 0.636. The molecule has 0 spiro atoms. The lowest BCUT2D eigenvalue weighted by Crippen LogP contribution is -2.20. The lowest BCUT2D eigenvalue weighted by Gasteiger charge is -2.12. The van der Waals surface area contributed by atoms with E-state index in [0.717, 1.165) is 19.3 Å². The molecule has 1 fully saturated rings. The molecule has 0 saturated heterocycles. The fraction of sp³-hybridized carbons (Fsp3) is 0.381. The predicted octanol–water partition coefficient (Wildman–Crippen LogP) is 3.70. The third-order valence-corrected chi connectivity index (χ3v) is 4.99. The maximum absolute atomic E-state index is 13.7. The fourth-order valence-corrected chi connectivity index (χ4v) is 3.62. The first-order valence-corrected chi connectivity index (χ1v) is 9.54. The molecule has 0 atom stereocenters. The van der Waals surface area contributed by atoms with Crippen LogP contribution in [0.4, 0.5) is 10.2 Å². The Bertz CT molecular complexity index is 1100. The third-order valence-electron chi connectivity index (χ3n) is 4.99. The zero-order valence-corrected chi connectivity index (χ0v) is 17.0. The van der Waals surface area contributed by atoms with Gasteiger partial charge in [0.15, 0.2) is 17.0 Å². The predicted molar refractivity (Wildman–Crippen MR) is 113 cm³/mol. The van der Waals surface area contributed by atoms with Crippen LogP contribution in [0.1, 0.15) is 44.9 Å². The van der Waals surface area contributed by atoms with Gasteiger partial charge in [-0.25, -0.2) is 19.3 Å². The van der Waals surface area contributed by atoms with Crippen LogP contribution in [0.5, 0.6) is 0 Å². The Hall–Kier alpha value is -2.69. The zero-order valence-electron chi connectivity index (χ0n) is 16.2. The van der Waals surface area contributed by atoms with Crippen molar-refractivity contribution in [2.45, 2.75) is 51.2 Å². The minimum atomic E-state index is -0.969. The number of nitrogens with two attached hydrogens (primary N) is 1. The average molecular weight is 416 g/mol. The van der Waals surface area contributed by atoms with Gasteiger partial charge in [-0.1, -0.05) is 25.0 Å². The van der Waals surface area contributed by atoms with E-state index >= 15 is 0 Å². The number of aryl methyl sites for hydroxylation is 1. The van der Waals surface area contributed by atoms with Gasteiger partial charge in [0.05, 0.1) is 0 Å². The number of aliphatic hydroxyl groups is 1. The topological polar surface area (TPSA) is 89.9 Å². The highest BCUT2D eigenvalue weighted by Crippen LogP contribution is 2.29. The molecule has 0 radical (unpaired) electrons. The molecule has 1 aliphatic rings. The summed E-state index contributed by atoms with van der Waals surface area (Å²) < 4.78 is 15.6. The molecule has 8 heteroatoms. The summed E-state index contributed by atoms with van der Waals surface area (Å²) in [6.07, 6.45) is 4.10. The molecular weight excluding hydrogens is 393 g/mol. The first-order valence-electron chi connectivity index (χ1n) is 9.54. The van der Waals surface area contributed by atoms with E-state index in [2.05, 4.69) is 26.8 Å². The molecule has 1 saturated carbocycles. The molecule has 1 aliphatic carbocycles. The number of hydrogen-bond acceptors (Lipinski definition) is 5. The molecule has 2 heterocycles. The van der Waals surface area contributed by atoms with Gasteiger partial charge in [0, 0.05) is 12.1 Å². The van der Waals surface area contributed by atoms with Gasteiger partial charge in [0.2, 0.25) is 5.82 Å². The zero-order chi connectivity index (χ0) is 19.7. The normalized spacial score (nSPS) is 15.0. The number of anilines is 1. The second kappa shape index (κ2) is 8.36. The number of nitrogen functional groups attached to an aromatic ring is 1. The second-order valence-electron chi connectivity index (χ2n) is 7.19. The smallest absolute Gasteiger partial charge is 0.209 e. The van der Waals surface area contributed by atoms with Crippen LogP contribution in [0.2, 0.25) is 0 Å². The summed E-state index contributed by atoms with van der Waals surface area (Å²) in [4.78, 5) is 13.4. The Kier molecular flexibility index (Phi) is 6.06. The van der Waals surface area contributed by atoms with Gasteiger partial charge >= 0.3 is 0 Å². The standard InChI is InChI=1S/C21H22FN5O.ClH/c1-2-12-27-19(14-6-5-7-15(22)13-14)26-17-18(23)24-16(25-20(17)27)8-11-21(28)9-3-4-10-21;/h5-7,13,28H,2-4,9-10,12H2,1H3,(H2,23,24,25);1H. The minimum Gasteiger partial charge on any atom is -0.382 e. The van der Waals surface area contributed by atoms with Gasteiger partial charge in [-0.3, -0.25) is 0 Å². The monoisotopic (exact) mass is 415 g/mol. The van der Waals surface area contributed by atoms with Crippen LogP contribution in [-0.2, 0) is 6.54 Å².